The Morgan fingerprint density at radius 3 is 2.32 bits per heavy atom. The van der Waals surface area contributed by atoms with Gasteiger partial charge in [0.15, 0.2) is 0 Å². The van der Waals surface area contributed by atoms with Gasteiger partial charge in [0.25, 0.3) is 0 Å². The van der Waals surface area contributed by atoms with Crippen LogP contribution in [-0.4, -0.2) is 43.9 Å². The molecule has 0 aromatic carbocycles. The van der Waals surface area contributed by atoms with Crippen molar-refractivity contribution in [3.63, 3.8) is 0 Å². The monoisotopic (exact) mass is 295 g/mol. The fraction of sp³-hybridized carbons (Fsp3) is 0.500. The number of hydrogen-bond acceptors (Lipinski definition) is 4. The molecule has 0 radical (unpaired) electrons. The van der Waals surface area contributed by atoms with Crippen molar-refractivity contribution in [1.82, 2.24) is 14.6 Å². The molecular formula is C10H12F3N3O2S. The first-order valence-electron chi connectivity index (χ1n) is 5.56. The van der Waals surface area contributed by atoms with Crippen molar-refractivity contribution in [2.45, 2.75) is 11.1 Å². The molecule has 5 nitrogen and oxygen atoms in total. The highest BCUT2D eigenvalue weighted by Gasteiger charge is 2.33. The Balaban J connectivity index is 2.26. The van der Waals surface area contributed by atoms with Gasteiger partial charge in [-0.3, -0.25) is 4.98 Å². The second kappa shape index (κ2) is 5.06. The fourth-order valence-electron chi connectivity index (χ4n) is 1.73. The summed E-state index contributed by atoms with van der Waals surface area (Å²) >= 11 is 0. The van der Waals surface area contributed by atoms with Crippen molar-refractivity contribution in [2.24, 2.45) is 0 Å². The Labute approximate surface area is 108 Å². The number of hydrogen-bond donors (Lipinski definition) is 1. The maximum absolute atomic E-state index is 12.3. The lowest BCUT2D eigenvalue weighted by atomic mass is 10.3. The molecule has 9 heteroatoms. The lowest BCUT2D eigenvalue weighted by molar-refractivity contribution is -0.141. The minimum Gasteiger partial charge on any atom is -0.314 e. The van der Waals surface area contributed by atoms with Gasteiger partial charge in [0, 0.05) is 32.4 Å². The predicted molar refractivity (Wildman–Crippen MR) is 60.9 cm³/mol. The van der Waals surface area contributed by atoms with Crippen LogP contribution >= 0.6 is 0 Å². The summed E-state index contributed by atoms with van der Waals surface area (Å²) in [6, 6.07) is 1.61. The molecule has 1 N–H and O–H groups in total. The molecule has 1 fully saturated rings. The van der Waals surface area contributed by atoms with Crippen LogP contribution in [0.2, 0.25) is 0 Å². The smallest absolute Gasteiger partial charge is 0.314 e. The fourth-order valence-corrected chi connectivity index (χ4v) is 3.12. The second-order valence-electron chi connectivity index (χ2n) is 4.03. The molecule has 0 aliphatic carbocycles. The van der Waals surface area contributed by atoms with Crippen molar-refractivity contribution in [1.29, 1.82) is 0 Å². The molecule has 1 aromatic heterocycles. The van der Waals surface area contributed by atoms with Crippen LogP contribution in [0.25, 0.3) is 0 Å². The molecule has 0 amide bonds. The van der Waals surface area contributed by atoms with Crippen LogP contribution in [0.4, 0.5) is 13.2 Å². The molecule has 106 valence electrons. The van der Waals surface area contributed by atoms with Crippen LogP contribution < -0.4 is 5.32 Å². The lowest BCUT2D eigenvalue weighted by Crippen LogP contribution is -2.46. The van der Waals surface area contributed by atoms with Crippen LogP contribution in [0.1, 0.15) is 5.69 Å². The highest BCUT2D eigenvalue weighted by atomic mass is 32.2. The average Bonchev–Trinajstić information content (AvgIpc) is 2.39. The van der Waals surface area contributed by atoms with Crippen LogP contribution in [-0.2, 0) is 16.2 Å². The zero-order chi connectivity index (χ0) is 14.1. The van der Waals surface area contributed by atoms with E-state index in [9.17, 15) is 21.6 Å². The number of pyridine rings is 1. The molecular weight excluding hydrogens is 283 g/mol. The minimum absolute atomic E-state index is 0.220. The van der Waals surface area contributed by atoms with Crippen LogP contribution in [0.5, 0.6) is 0 Å². The Morgan fingerprint density at radius 2 is 1.84 bits per heavy atom. The number of nitrogens with one attached hydrogen (secondary N) is 1. The van der Waals surface area contributed by atoms with E-state index < -0.39 is 21.9 Å². The van der Waals surface area contributed by atoms with E-state index in [1.165, 1.54) is 4.31 Å². The number of rotatable bonds is 2. The summed E-state index contributed by atoms with van der Waals surface area (Å²) in [5, 5.41) is 3.00. The molecule has 1 saturated heterocycles. The largest absolute Gasteiger partial charge is 0.433 e. The highest BCUT2D eigenvalue weighted by Crippen LogP contribution is 2.28. The van der Waals surface area contributed by atoms with Gasteiger partial charge in [-0.2, -0.15) is 17.5 Å². The van der Waals surface area contributed by atoms with Gasteiger partial charge in [0.2, 0.25) is 10.0 Å². The van der Waals surface area contributed by atoms with E-state index in [2.05, 4.69) is 10.3 Å². The van der Waals surface area contributed by atoms with E-state index in [0.29, 0.717) is 32.2 Å². The van der Waals surface area contributed by atoms with Gasteiger partial charge in [-0.25, -0.2) is 8.42 Å². The van der Waals surface area contributed by atoms with Gasteiger partial charge in [-0.15, -0.1) is 0 Å². The van der Waals surface area contributed by atoms with Gasteiger partial charge in [-0.05, 0) is 12.1 Å². The molecule has 1 aliphatic heterocycles. The van der Waals surface area contributed by atoms with Crippen molar-refractivity contribution in [3.05, 3.63) is 24.0 Å². The van der Waals surface area contributed by atoms with Crippen molar-refractivity contribution < 1.29 is 21.6 Å². The van der Waals surface area contributed by atoms with Gasteiger partial charge < -0.3 is 5.32 Å². The second-order valence-corrected chi connectivity index (χ2v) is 5.97. The first kappa shape index (κ1) is 14.2. The van der Waals surface area contributed by atoms with Gasteiger partial charge in [0.05, 0.1) is 0 Å². The summed E-state index contributed by atoms with van der Waals surface area (Å²) in [5.41, 5.74) is -1.10. The first-order chi connectivity index (χ1) is 8.82. The third-order valence-corrected chi connectivity index (χ3v) is 4.62. The molecule has 0 unspecified atom stereocenters. The minimum atomic E-state index is -4.57. The number of halogens is 3. The van der Waals surface area contributed by atoms with E-state index in [0.717, 1.165) is 12.3 Å². The average molecular weight is 295 g/mol. The number of alkyl halides is 3. The molecule has 2 rings (SSSR count). The Kier molecular flexibility index (Phi) is 3.79. The summed E-state index contributed by atoms with van der Waals surface area (Å²) in [6.07, 6.45) is -3.82. The molecule has 0 spiro atoms. The number of aromatic nitrogens is 1. The third-order valence-electron chi connectivity index (χ3n) is 2.74. The number of sulfonamides is 1. The van der Waals surface area contributed by atoms with Gasteiger partial charge >= 0.3 is 6.18 Å². The maximum atomic E-state index is 12.3. The van der Waals surface area contributed by atoms with E-state index in [-0.39, 0.29) is 4.90 Å². The number of nitrogens with zero attached hydrogens (tertiary/aromatic N) is 2. The van der Waals surface area contributed by atoms with Crippen LogP contribution in [0.15, 0.2) is 23.2 Å². The van der Waals surface area contributed by atoms with E-state index in [1.807, 2.05) is 0 Å². The molecule has 0 atom stereocenters. The maximum Gasteiger partial charge on any atom is 0.433 e. The lowest BCUT2D eigenvalue weighted by Gasteiger charge is -2.26. The number of piperazine rings is 1. The summed E-state index contributed by atoms with van der Waals surface area (Å²) < 4.78 is 62.5. The van der Waals surface area contributed by atoms with E-state index in [1.54, 1.807) is 0 Å². The van der Waals surface area contributed by atoms with Crippen molar-refractivity contribution in [2.75, 3.05) is 26.2 Å². The summed E-state index contributed by atoms with van der Waals surface area (Å²) in [6.45, 7) is 1.63. The van der Waals surface area contributed by atoms with Crippen molar-refractivity contribution in [3.8, 4) is 0 Å². The van der Waals surface area contributed by atoms with E-state index >= 15 is 0 Å². The summed E-state index contributed by atoms with van der Waals surface area (Å²) in [4.78, 5) is 2.94. The Hall–Kier alpha value is -1.19. The molecule has 0 bridgehead atoms. The quantitative estimate of drug-likeness (QED) is 0.872. The molecule has 1 aromatic rings. The zero-order valence-electron chi connectivity index (χ0n) is 9.81. The SMILES string of the molecule is O=S(=O)(c1ccc(C(F)(F)F)nc1)N1CCNCC1. The standard InChI is InChI=1S/C10H12F3N3O2S/c11-10(12,13)9-2-1-8(7-15-9)19(17,18)16-5-3-14-4-6-16/h1-2,7,14H,3-6H2. The van der Waals surface area contributed by atoms with Crippen LogP contribution in [0, 0.1) is 0 Å². The Morgan fingerprint density at radius 1 is 1.21 bits per heavy atom. The molecule has 0 saturated carbocycles. The normalized spacial score (nSPS) is 18.5. The van der Waals surface area contributed by atoms with Gasteiger partial charge in [-0.1, -0.05) is 0 Å². The first-order valence-corrected chi connectivity index (χ1v) is 7.00. The van der Waals surface area contributed by atoms with Crippen molar-refractivity contribution >= 4 is 10.0 Å². The molecule has 1 aliphatic rings. The van der Waals surface area contributed by atoms with Crippen LogP contribution in [0.3, 0.4) is 0 Å². The zero-order valence-corrected chi connectivity index (χ0v) is 10.6. The molecule has 19 heavy (non-hydrogen) atoms. The topological polar surface area (TPSA) is 62.3 Å². The van der Waals surface area contributed by atoms with E-state index in [4.69, 9.17) is 0 Å². The third kappa shape index (κ3) is 3.04. The summed E-state index contributed by atoms with van der Waals surface area (Å²) in [7, 11) is -3.76. The highest BCUT2D eigenvalue weighted by molar-refractivity contribution is 7.89. The molecule has 2 heterocycles. The van der Waals surface area contributed by atoms with Gasteiger partial charge in [0.1, 0.15) is 10.6 Å². The summed E-state index contributed by atoms with van der Waals surface area (Å²) in [5.74, 6) is 0. The predicted octanol–water partition coefficient (Wildman–Crippen LogP) is 0.694. The Bertz CT molecular complexity index is 536.